The van der Waals surface area contributed by atoms with Crippen LogP contribution in [0.4, 0.5) is 13.2 Å². The van der Waals surface area contributed by atoms with E-state index in [4.69, 9.17) is 4.74 Å². The molecule has 156 valence electrons. The summed E-state index contributed by atoms with van der Waals surface area (Å²) in [6, 6.07) is 0. The molecule has 8 nitrogen and oxygen atoms in total. The lowest BCUT2D eigenvalue weighted by molar-refractivity contribution is -0.142. The third-order valence-corrected chi connectivity index (χ3v) is 4.20. The number of nitrogens with zero attached hydrogens (tertiary/aromatic N) is 3. The highest BCUT2D eigenvalue weighted by Crippen LogP contribution is 2.16. The van der Waals surface area contributed by atoms with Crippen molar-refractivity contribution in [3.63, 3.8) is 0 Å². The average molecular weight is 507 g/mol. The molecule has 2 aliphatic heterocycles. The summed E-state index contributed by atoms with van der Waals surface area (Å²) in [6.45, 7) is 0.973. The predicted molar refractivity (Wildman–Crippen MR) is 103 cm³/mol. The van der Waals surface area contributed by atoms with E-state index in [1.165, 1.54) is 7.05 Å². The summed E-state index contributed by atoms with van der Waals surface area (Å²) in [4.78, 5) is 31.4. The van der Waals surface area contributed by atoms with Crippen LogP contribution in [0.1, 0.15) is 12.8 Å². The summed E-state index contributed by atoms with van der Waals surface area (Å²) >= 11 is 0. The zero-order chi connectivity index (χ0) is 19.2. The number of nitrogens with one attached hydrogen (secondary N) is 2. The molecular weight excluding hydrogens is 482 g/mol. The van der Waals surface area contributed by atoms with Crippen molar-refractivity contribution >= 4 is 41.8 Å². The molecule has 0 spiro atoms. The summed E-state index contributed by atoms with van der Waals surface area (Å²) in [5.74, 6) is -0.358. The van der Waals surface area contributed by atoms with Crippen molar-refractivity contribution in [2.24, 2.45) is 4.99 Å². The molecule has 2 fully saturated rings. The predicted octanol–water partition coefficient (Wildman–Crippen LogP) is 0.182. The van der Waals surface area contributed by atoms with Crippen LogP contribution in [0.5, 0.6) is 0 Å². The lowest BCUT2D eigenvalue weighted by atomic mass is 10.2. The molecule has 2 aliphatic rings. The summed E-state index contributed by atoms with van der Waals surface area (Å²) in [5, 5.41) is 4.53. The number of carbonyl (C=O) groups excluding carboxylic acids is 2. The number of rotatable bonds is 4. The van der Waals surface area contributed by atoms with Crippen molar-refractivity contribution in [3.8, 4) is 0 Å². The van der Waals surface area contributed by atoms with Crippen LogP contribution in [0, 0.1) is 0 Å². The van der Waals surface area contributed by atoms with Gasteiger partial charge in [-0.3, -0.25) is 14.6 Å². The molecule has 0 aliphatic carbocycles. The van der Waals surface area contributed by atoms with Gasteiger partial charge in [0.2, 0.25) is 5.91 Å². The Balaban J connectivity index is 0.00000364. The molecule has 0 aromatic carbocycles. The summed E-state index contributed by atoms with van der Waals surface area (Å²) in [6.07, 6.45) is -3.15. The van der Waals surface area contributed by atoms with Crippen LogP contribution in [0.25, 0.3) is 0 Å². The van der Waals surface area contributed by atoms with Crippen LogP contribution in [0.3, 0.4) is 0 Å². The van der Waals surface area contributed by atoms with Crippen molar-refractivity contribution < 1.29 is 27.5 Å². The average Bonchev–Trinajstić information content (AvgIpc) is 3.14. The van der Waals surface area contributed by atoms with Gasteiger partial charge in [0.1, 0.15) is 12.6 Å². The quantitative estimate of drug-likeness (QED) is 0.323. The summed E-state index contributed by atoms with van der Waals surface area (Å²) < 4.78 is 41.6. The van der Waals surface area contributed by atoms with Crippen molar-refractivity contribution in [2.75, 3.05) is 52.9 Å². The van der Waals surface area contributed by atoms with E-state index in [0.717, 1.165) is 12.8 Å². The summed E-state index contributed by atoms with van der Waals surface area (Å²) in [7, 11) is 1.53. The van der Waals surface area contributed by atoms with Crippen LogP contribution in [0.15, 0.2) is 4.99 Å². The zero-order valence-corrected chi connectivity index (χ0v) is 17.4. The zero-order valence-electron chi connectivity index (χ0n) is 15.0. The van der Waals surface area contributed by atoms with Gasteiger partial charge in [0.15, 0.2) is 5.96 Å². The van der Waals surface area contributed by atoms with Crippen molar-refractivity contribution in [1.82, 2.24) is 20.4 Å². The fourth-order valence-electron chi connectivity index (χ4n) is 2.87. The number of hydrogen-bond acceptors (Lipinski definition) is 4. The van der Waals surface area contributed by atoms with E-state index in [2.05, 4.69) is 10.3 Å². The molecule has 2 N–H and O–H groups in total. The maximum atomic E-state index is 12.3. The van der Waals surface area contributed by atoms with E-state index in [9.17, 15) is 22.8 Å². The Morgan fingerprint density at radius 1 is 1.15 bits per heavy atom. The van der Waals surface area contributed by atoms with Gasteiger partial charge in [0.05, 0.1) is 6.54 Å². The molecule has 0 aromatic rings. The minimum Gasteiger partial charge on any atom is -0.368 e. The fraction of sp³-hybridized carbons (Fsp3) is 0.800. The summed E-state index contributed by atoms with van der Waals surface area (Å²) in [5.41, 5.74) is 0. The second-order valence-corrected chi connectivity index (χ2v) is 6.11. The smallest absolute Gasteiger partial charge is 0.368 e. The molecule has 1 atom stereocenters. The van der Waals surface area contributed by atoms with E-state index in [-0.39, 0.29) is 42.5 Å². The normalized spacial score (nSPS) is 20.9. The number of ether oxygens (including phenoxy) is 1. The molecule has 0 aromatic heterocycles. The van der Waals surface area contributed by atoms with Crippen molar-refractivity contribution in [3.05, 3.63) is 0 Å². The fourth-order valence-corrected chi connectivity index (χ4v) is 2.87. The standard InChI is InChI=1S/C15H24F3N5O3.HI/c1-19-14(20-9-12(24)21-10-15(16,17)18)23-6-4-22(5-7-23)13(25)11-3-2-8-26-11;/h11H,2-10H2,1H3,(H,19,20)(H,21,24);1H. The highest BCUT2D eigenvalue weighted by molar-refractivity contribution is 14.0. The Bertz CT molecular complexity index is 533. The number of carbonyl (C=O) groups is 2. The van der Waals surface area contributed by atoms with Crippen molar-refractivity contribution in [1.29, 1.82) is 0 Å². The second-order valence-electron chi connectivity index (χ2n) is 6.11. The molecular formula is C15H25F3IN5O3. The number of aliphatic imine (C=N–C) groups is 1. The lowest BCUT2D eigenvalue weighted by Crippen LogP contribution is -2.56. The van der Waals surface area contributed by atoms with E-state index < -0.39 is 18.6 Å². The van der Waals surface area contributed by atoms with Crippen LogP contribution < -0.4 is 10.6 Å². The first kappa shape index (κ1) is 23.7. The molecule has 1 unspecified atom stereocenters. The van der Waals surface area contributed by atoms with Gasteiger partial charge in [-0.2, -0.15) is 13.2 Å². The maximum absolute atomic E-state index is 12.3. The van der Waals surface area contributed by atoms with Gasteiger partial charge in [-0.1, -0.05) is 0 Å². The molecule has 2 heterocycles. The number of hydrogen-bond donors (Lipinski definition) is 2. The van der Waals surface area contributed by atoms with Gasteiger partial charge in [0, 0.05) is 39.8 Å². The Hall–Kier alpha value is -1.31. The first-order valence-corrected chi connectivity index (χ1v) is 8.49. The largest absolute Gasteiger partial charge is 0.405 e. The third-order valence-electron chi connectivity index (χ3n) is 4.20. The SMILES string of the molecule is CN=C(NCC(=O)NCC(F)(F)F)N1CCN(C(=O)C2CCCO2)CC1.I. The Morgan fingerprint density at radius 2 is 1.78 bits per heavy atom. The molecule has 2 saturated heterocycles. The van der Waals surface area contributed by atoms with E-state index >= 15 is 0 Å². The first-order valence-electron chi connectivity index (χ1n) is 8.49. The van der Waals surface area contributed by atoms with Crippen LogP contribution in [0.2, 0.25) is 0 Å². The Morgan fingerprint density at radius 3 is 2.30 bits per heavy atom. The third kappa shape index (κ3) is 7.68. The number of guanidine groups is 1. The van der Waals surface area contributed by atoms with Gasteiger partial charge in [-0.05, 0) is 12.8 Å². The van der Waals surface area contributed by atoms with Gasteiger partial charge >= 0.3 is 6.18 Å². The topological polar surface area (TPSA) is 86.3 Å². The molecule has 2 rings (SSSR count). The molecule has 27 heavy (non-hydrogen) atoms. The van der Waals surface area contributed by atoms with Gasteiger partial charge < -0.3 is 25.2 Å². The minimum atomic E-state index is -4.44. The highest BCUT2D eigenvalue weighted by atomic mass is 127. The number of piperazine rings is 1. The van der Waals surface area contributed by atoms with E-state index in [1.54, 1.807) is 10.2 Å². The lowest BCUT2D eigenvalue weighted by Gasteiger charge is -2.37. The van der Waals surface area contributed by atoms with Crippen LogP contribution >= 0.6 is 24.0 Å². The molecule has 12 heteroatoms. The van der Waals surface area contributed by atoms with Gasteiger partial charge in [-0.15, -0.1) is 24.0 Å². The monoisotopic (exact) mass is 507 g/mol. The van der Waals surface area contributed by atoms with Crippen LogP contribution in [-0.4, -0.2) is 92.8 Å². The Kier molecular flexibility index (Phi) is 9.56. The molecule has 0 radical (unpaired) electrons. The van der Waals surface area contributed by atoms with E-state index in [0.29, 0.717) is 38.7 Å². The minimum absolute atomic E-state index is 0. The second kappa shape index (κ2) is 10.9. The highest BCUT2D eigenvalue weighted by Gasteiger charge is 2.31. The Labute approximate surface area is 172 Å². The van der Waals surface area contributed by atoms with Crippen LogP contribution in [-0.2, 0) is 14.3 Å². The molecule has 2 amide bonds. The molecule has 0 bridgehead atoms. The molecule has 0 saturated carbocycles. The number of halogens is 4. The van der Waals surface area contributed by atoms with Gasteiger partial charge in [-0.25, -0.2) is 0 Å². The number of amides is 2. The number of alkyl halides is 3. The first-order chi connectivity index (χ1) is 12.3. The van der Waals surface area contributed by atoms with Crippen molar-refractivity contribution in [2.45, 2.75) is 25.1 Å². The van der Waals surface area contributed by atoms with Gasteiger partial charge in [0.25, 0.3) is 5.91 Å². The maximum Gasteiger partial charge on any atom is 0.405 e. The van der Waals surface area contributed by atoms with E-state index in [1.807, 2.05) is 4.90 Å².